The number of imidazole rings is 1. The number of thioether (sulfide) groups is 1. The molecule has 2 heterocycles. The van der Waals surface area contributed by atoms with E-state index in [1.165, 1.54) is 29.9 Å². The molecule has 3 rings (SSSR count). The van der Waals surface area contributed by atoms with Gasteiger partial charge in [-0.2, -0.15) is 11.8 Å². The minimum absolute atomic E-state index is 0.546. The maximum absolute atomic E-state index is 4.89. The summed E-state index contributed by atoms with van der Waals surface area (Å²) in [7, 11) is 0. The summed E-state index contributed by atoms with van der Waals surface area (Å²) >= 11 is 2.13. The zero-order valence-electron chi connectivity index (χ0n) is 13.0. The number of likely N-dealkylation sites (N-methyl/N-ethyl adjacent to an activating group) is 1. The van der Waals surface area contributed by atoms with Gasteiger partial charge in [0.15, 0.2) is 0 Å². The average Bonchev–Trinajstić information content (AvgIpc) is 3.14. The lowest BCUT2D eigenvalue weighted by Crippen LogP contribution is -2.39. The molecule has 1 aromatic heterocycles. The fourth-order valence-electron chi connectivity index (χ4n) is 3.35. The van der Waals surface area contributed by atoms with Crippen LogP contribution in [0, 0.1) is 0 Å². The van der Waals surface area contributed by atoms with E-state index in [0.29, 0.717) is 6.04 Å². The number of nitrogens with zero attached hydrogens (tertiary/aromatic N) is 2. The lowest BCUT2D eigenvalue weighted by Gasteiger charge is -2.23. The van der Waals surface area contributed by atoms with Crippen LogP contribution >= 0.6 is 11.8 Å². The van der Waals surface area contributed by atoms with Crippen LogP contribution in [0.1, 0.15) is 32.5 Å². The molecule has 0 amide bonds. The molecule has 3 nitrogen and oxygen atoms in total. The first-order valence-corrected chi connectivity index (χ1v) is 9.17. The minimum Gasteiger partial charge on any atom is -0.328 e. The van der Waals surface area contributed by atoms with Gasteiger partial charge in [0.2, 0.25) is 0 Å². The molecular formula is C17H25N3S. The molecule has 114 valence electrons. The Labute approximate surface area is 131 Å². The van der Waals surface area contributed by atoms with Crippen LogP contribution in [0.15, 0.2) is 24.3 Å². The highest BCUT2D eigenvalue weighted by atomic mass is 32.2. The second kappa shape index (κ2) is 6.84. The van der Waals surface area contributed by atoms with Crippen molar-refractivity contribution in [3.8, 4) is 0 Å². The predicted molar refractivity (Wildman–Crippen MR) is 92.1 cm³/mol. The standard InChI is InChI=1S/C17H25N3S/c1-3-18-14(16-10-7-11-21-16)12-17-19-13-8-5-6-9-15(13)20(17)4-2/h5-6,8-9,14,16,18H,3-4,7,10-12H2,1-2H3. The first-order chi connectivity index (χ1) is 10.3. The van der Waals surface area contributed by atoms with Gasteiger partial charge < -0.3 is 9.88 Å². The van der Waals surface area contributed by atoms with E-state index in [9.17, 15) is 0 Å². The molecule has 0 aliphatic carbocycles. The highest BCUT2D eigenvalue weighted by Gasteiger charge is 2.26. The van der Waals surface area contributed by atoms with E-state index in [-0.39, 0.29) is 0 Å². The molecule has 21 heavy (non-hydrogen) atoms. The van der Waals surface area contributed by atoms with Gasteiger partial charge in [0.25, 0.3) is 0 Å². The minimum atomic E-state index is 0.546. The fourth-order valence-corrected chi connectivity index (χ4v) is 4.74. The van der Waals surface area contributed by atoms with Gasteiger partial charge in [-0.1, -0.05) is 19.1 Å². The van der Waals surface area contributed by atoms with Crippen molar-refractivity contribution in [3.63, 3.8) is 0 Å². The monoisotopic (exact) mass is 303 g/mol. The third-order valence-electron chi connectivity index (χ3n) is 4.33. The summed E-state index contributed by atoms with van der Waals surface area (Å²) in [6.07, 6.45) is 3.74. The third kappa shape index (κ3) is 3.11. The molecule has 1 saturated heterocycles. The lowest BCUT2D eigenvalue weighted by molar-refractivity contribution is 0.478. The van der Waals surface area contributed by atoms with Crippen LogP contribution in [0.4, 0.5) is 0 Å². The molecule has 2 aromatic rings. The Hall–Kier alpha value is -1.000. The van der Waals surface area contributed by atoms with E-state index in [4.69, 9.17) is 4.98 Å². The molecule has 4 heteroatoms. The molecular weight excluding hydrogens is 278 g/mol. The number of fused-ring (bicyclic) bond motifs is 1. The molecule has 2 unspecified atom stereocenters. The zero-order chi connectivity index (χ0) is 14.7. The summed E-state index contributed by atoms with van der Waals surface area (Å²) in [5.41, 5.74) is 2.40. The Kier molecular flexibility index (Phi) is 4.86. The van der Waals surface area contributed by atoms with Crippen molar-refractivity contribution in [2.45, 2.75) is 50.9 Å². The van der Waals surface area contributed by atoms with Crippen LogP contribution in [-0.4, -0.2) is 33.1 Å². The first kappa shape index (κ1) is 14.9. The second-order valence-electron chi connectivity index (χ2n) is 5.68. The number of rotatable bonds is 6. The van der Waals surface area contributed by atoms with E-state index in [2.05, 4.69) is 59.8 Å². The van der Waals surface area contributed by atoms with Crippen LogP contribution < -0.4 is 5.32 Å². The first-order valence-electron chi connectivity index (χ1n) is 8.12. The van der Waals surface area contributed by atoms with Crippen LogP contribution in [0.5, 0.6) is 0 Å². The molecule has 1 aliphatic heterocycles. The second-order valence-corrected chi connectivity index (χ2v) is 7.03. The van der Waals surface area contributed by atoms with Gasteiger partial charge in [0.05, 0.1) is 11.0 Å². The van der Waals surface area contributed by atoms with Crippen molar-refractivity contribution >= 4 is 22.8 Å². The topological polar surface area (TPSA) is 29.9 Å². The smallest absolute Gasteiger partial charge is 0.111 e. The maximum atomic E-state index is 4.89. The Morgan fingerprint density at radius 2 is 2.24 bits per heavy atom. The van der Waals surface area contributed by atoms with Crippen molar-refractivity contribution < 1.29 is 0 Å². The molecule has 2 atom stereocenters. The molecule has 0 radical (unpaired) electrons. The Bertz CT molecular complexity index is 587. The maximum Gasteiger partial charge on any atom is 0.111 e. The molecule has 1 N–H and O–H groups in total. The molecule has 0 spiro atoms. The van der Waals surface area contributed by atoms with Gasteiger partial charge in [0.1, 0.15) is 5.82 Å². The highest BCUT2D eigenvalue weighted by molar-refractivity contribution is 8.00. The molecule has 0 saturated carbocycles. The zero-order valence-corrected chi connectivity index (χ0v) is 13.8. The summed E-state index contributed by atoms with van der Waals surface area (Å²) in [5, 5.41) is 4.44. The third-order valence-corrected chi connectivity index (χ3v) is 5.85. The number of hydrogen-bond acceptors (Lipinski definition) is 3. The Morgan fingerprint density at radius 1 is 1.38 bits per heavy atom. The summed E-state index contributed by atoms with van der Waals surface area (Å²) in [4.78, 5) is 4.89. The summed E-state index contributed by atoms with van der Waals surface area (Å²) in [6, 6.07) is 9.03. The fraction of sp³-hybridized carbons (Fsp3) is 0.588. The number of hydrogen-bond donors (Lipinski definition) is 1. The molecule has 1 fully saturated rings. The number of aromatic nitrogens is 2. The normalized spacial score (nSPS) is 20.2. The van der Waals surface area contributed by atoms with Gasteiger partial charge in [-0.25, -0.2) is 4.98 Å². The summed E-state index contributed by atoms with van der Waals surface area (Å²) in [5.74, 6) is 2.55. The molecule has 1 aliphatic rings. The van der Waals surface area contributed by atoms with Crippen LogP contribution in [0.2, 0.25) is 0 Å². The summed E-state index contributed by atoms with van der Waals surface area (Å²) in [6.45, 7) is 6.44. The van der Waals surface area contributed by atoms with E-state index >= 15 is 0 Å². The van der Waals surface area contributed by atoms with E-state index in [1.807, 2.05) is 0 Å². The van der Waals surface area contributed by atoms with Gasteiger partial charge >= 0.3 is 0 Å². The quantitative estimate of drug-likeness (QED) is 0.886. The van der Waals surface area contributed by atoms with Crippen LogP contribution in [0.25, 0.3) is 11.0 Å². The van der Waals surface area contributed by atoms with Crippen molar-refractivity contribution in [2.75, 3.05) is 12.3 Å². The van der Waals surface area contributed by atoms with Gasteiger partial charge in [-0.3, -0.25) is 0 Å². The molecule has 0 bridgehead atoms. The van der Waals surface area contributed by atoms with Gasteiger partial charge in [-0.05, 0) is 44.2 Å². The Balaban J connectivity index is 1.87. The van der Waals surface area contributed by atoms with E-state index in [1.54, 1.807) is 0 Å². The largest absolute Gasteiger partial charge is 0.328 e. The van der Waals surface area contributed by atoms with E-state index < -0.39 is 0 Å². The van der Waals surface area contributed by atoms with Crippen molar-refractivity contribution in [1.82, 2.24) is 14.9 Å². The number of para-hydroxylation sites is 2. The van der Waals surface area contributed by atoms with Crippen LogP contribution in [0.3, 0.4) is 0 Å². The predicted octanol–water partition coefficient (Wildman–Crippen LogP) is 3.47. The van der Waals surface area contributed by atoms with Crippen molar-refractivity contribution in [1.29, 1.82) is 0 Å². The SMILES string of the molecule is CCNC(Cc1nc2ccccc2n1CC)C1CCCS1. The lowest BCUT2D eigenvalue weighted by atomic mass is 10.1. The van der Waals surface area contributed by atoms with Crippen LogP contribution in [-0.2, 0) is 13.0 Å². The number of nitrogens with one attached hydrogen (secondary N) is 1. The Morgan fingerprint density at radius 3 is 2.95 bits per heavy atom. The van der Waals surface area contributed by atoms with E-state index in [0.717, 1.165) is 30.3 Å². The number of aryl methyl sites for hydroxylation is 1. The molecule has 1 aromatic carbocycles. The van der Waals surface area contributed by atoms with Crippen molar-refractivity contribution in [3.05, 3.63) is 30.1 Å². The van der Waals surface area contributed by atoms with Gasteiger partial charge in [0, 0.05) is 24.3 Å². The summed E-state index contributed by atoms with van der Waals surface area (Å²) < 4.78 is 2.37. The average molecular weight is 303 g/mol. The van der Waals surface area contributed by atoms with Crippen molar-refractivity contribution in [2.24, 2.45) is 0 Å². The van der Waals surface area contributed by atoms with Gasteiger partial charge in [-0.15, -0.1) is 0 Å². The number of benzene rings is 1. The highest BCUT2D eigenvalue weighted by Crippen LogP contribution is 2.30.